The van der Waals surface area contributed by atoms with Gasteiger partial charge in [0.15, 0.2) is 19.6 Å². The standard InChI is InChI=1S/C24H21O2S3/c1-17-10-12-18(13-11-17)29(25,26)24-14-23(15-24,16-24)28-21-8-4-2-6-19(21)27-20-7-3-5-9-22(20)28/h2-13H,14-16H2,1H3/q+1. The molecule has 5 heteroatoms. The summed E-state index contributed by atoms with van der Waals surface area (Å²) in [7, 11) is -3.34. The molecule has 0 N–H and O–H groups in total. The zero-order valence-electron chi connectivity index (χ0n) is 16.1. The molecule has 7 rings (SSSR count). The maximum atomic E-state index is 13.4. The monoisotopic (exact) mass is 437 g/mol. The van der Waals surface area contributed by atoms with Crippen LogP contribution in [0.4, 0.5) is 0 Å². The van der Waals surface area contributed by atoms with E-state index in [4.69, 9.17) is 0 Å². The van der Waals surface area contributed by atoms with Gasteiger partial charge in [-0.25, -0.2) is 8.42 Å². The van der Waals surface area contributed by atoms with Crippen molar-refractivity contribution in [3.8, 4) is 0 Å². The van der Waals surface area contributed by atoms with Gasteiger partial charge in [0.1, 0.15) is 4.75 Å². The van der Waals surface area contributed by atoms with Gasteiger partial charge in [-0.2, -0.15) is 0 Å². The smallest absolute Gasteiger partial charge is 0.184 e. The van der Waals surface area contributed by atoms with Gasteiger partial charge >= 0.3 is 0 Å². The van der Waals surface area contributed by atoms with Gasteiger partial charge in [-0.1, -0.05) is 53.7 Å². The zero-order chi connectivity index (χ0) is 19.9. The molecule has 146 valence electrons. The van der Waals surface area contributed by atoms with Crippen LogP contribution in [0.15, 0.2) is 97.3 Å². The Labute approximate surface area is 179 Å². The van der Waals surface area contributed by atoms with Crippen LogP contribution in [-0.2, 0) is 20.7 Å². The fourth-order valence-corrected chi connectivity index (χ4v) is 12.9. The van der Waals surface area contributed by atoms with Gasteiger partial charge in [0.25, 0.3) is 0 Å². The third kappa shape index (κ3) is 2.35. The molecule has 0 saturated heterocycles. The van der Waals surface area contributed by atoms with Crippen LogP contribution in [-0.4, -0.2) is 17.9 Å². The third-order valence-electron chi connectivity index (χ3n) is 6.63. The Morgan fingerprint density at radius 1 is 0.793 bits per heavy atom. The first kappa shape index (κ1) is 18.1. The van der Waals surface area contributed by atoms with Crippen LogP contribution in [0.25, 0.3) is 0 Å². The van der Waals surface area contributed by atoms with Gasteiger partial charge in [-0.05, 0) is 43.3 Å². The van der Waals surface area contributed by atoms with Crippen molar-refractivity contribution in [1.82, 2.24) is 0 Å². The Morgan fingerprint density at radius 2 is 1.31 bits per heavy atom. The summed E-state index contributed by atoms with van der Waals surface area (Å²) in [5.41, 5.74) is 1.09. The number of hydrogen-bond donors (Lipinski definition) is 0. The first-order chi connectivity index (χ1) is 13.9. The van der Waals surface area contributed by atoms with Crippen LogP contribution in [0, 0.1) is 6.92 Å². The molecule has 3 aliphatic carbocycles. The molecular formula is C24H21O2S3+. The average Bonchev–Trinajstić information content (AvgIpc) is 2.65. The lowest BCUT2D eigenvalue weighted by Gasteiger charge is -2.66. The van der Waals surface area contributed by atoms with E-state index in [1.807, 2.05) is 30.8 Å². The highest BCUT2D eigenvalue weighted by Crippen LogP contribution is 2.73. The molecule has 0 radical (unpaired) electrons. The highest BCUT2D eigenvalue weighted by Gasteiger charge is 2.83. The van der Waals surface area contributed by atoms with Crippen molar-refractivity contribution in [3.63, 3.8) is 0 Å². The molecule has 29 heavy (non-hydrogen) atoms. The molecule has 0 atom stereocenters. The molecule has 3 aromatic rings. The van der Waals surface area contributed by atoms with Gasteiger partial charge in [-0.3, -0.25) is 0 Å². The van der Waals surface area contributed by atoms with Crippen LogP contribution in [0.1, 0.15) is 24.8 Å². The van der Waals surface area contributed by atoms with Crippen molar-refractivity contribution in [2.45, 2.75) is 60.2 Å². The molecule has 1 aliphatic heterocycles. The largest absolute Gasteiger partial charge is 0.223 e. The van der Waals surface area contributed by atoms with Crippen molar-refractivity contribution >= 4 is 32.5 Å². The number of rotatable bonds is 3. The third-order valence-corrected chi connectivity index (χ3v) is 13.4. The van der Waals surface area contributed by atoms with E-state index in [0.29, 0.717) is 4.90 Å². The molecule has 2 bridgehead atoms. The van der Waals surface area contributed by atoms with Crippen LogP contribution >= 0.6 is 11.8 Å². The minimum absolute atomic E-state index is 0.0582. The van der Waals surface area contributed by atoms with Gasteiger partial charge in [0.05, 0.1) is 30.3 Å². The Morgan fingerprint density at radius 3 is 1.86 bits per heavy atom. The summed E-state index contributed by atoms with van der Waals surface area (Å²) in [6.07, 6.45) is 2.35. The number of aryl methyl sites for hydroxylation is 1. The molecule has 4 aliphatic rings. The first-order valence-corrected chi connectivity index (χ1v) is 13.4. The lowest BCUT2D eigenvalue weighted by Crippen LogP contribution is -2.77. The second-order valence-electron chi connectivity index (χ2n) is 8.51. The van der Waals surface area contributed by atoms with Gasteiger partial charge < -0.3 is 0 Å². The van der Waals surface area contributed by atoms with Gasteiger partial charge in [0.2, 0.25) is 0 Å². The van der Waals surface area contributed by atoms with Crippen LogP contribution in [0.3, 0.4) is 0 Å². The van der Waals surface area contributed by atoms with E-state index in [9.17, 15) is 8.42 Å². The van der Waals surface area contributed by atoms with E-state index in [1.54, 1.807) is 12.1 Å². The molecule has 3 aromatic carbocycles. The molecule has 0 aromatic heterocycles. The van der Waals surface area contributed by atoms with Gasteiger partial charge in [-0.15, -0.1) is 0 Å². The Balaban J connectivity index is 1.38. The van der Waals surface area contributed by atoms with E-state index < -0.39 is 14.6 Å². The number of sulfone groups is 1. The summed E-state index contributed by atoms with van der Waals surface area (Å²) in [5, 5.41) is 0. The summed E-state index contributed by atoms with van der Waals surface area (Å²) >= 11 is 1.85. The first-order valence-electron chi connectivity index (χ1n) is 9.86. The fourth-order valence-electron chi connectivity index (χ4n) is 5.18. The minimum Gasteiger partial charge on any atom is -0.223 e. The highest BCUT2D eigenvalue weighted by molar-refractivity contribution is 8.05. The Bertz CT molecular complexity index is 1180. The minimum atomic E-state index is -3.28. The Kier molecular flexibility index (Phi) is 3.70. The molecule has 0 unspecified atom stereocenters. The van der Waals surface area contributed by atoms with Crippen LogP contribution in [0.2, 0.25) is 0 Å². The van der Waals surface area contributed by atoms with Gasteiger partial charge in [0, 0.05) is 19.3 Å². The van der Waals surface area contributed by atoms with Crippen molar-refractivity contribution in [1.29, 1.82) is 0 Å². The molecule has 2 nitrogen and oxygen atoms in total. The fraction of sp³-hybridized carbons (Fsp3) is 0.250. The second-order valence-corrected chi connectivity index (χ2v) is 14.3. The zero-order valence-corrected chi connectivity index (χ0v) is 18.5. The van der Waals surface area contributed by atoms with Crippen LogP contribution < -0.4 is 0 Å². The van der Waals surface area contributed by atoms with E-state index in [-0.39, 0.29) is 15.6 Å². The predicted molar refractivity (Wildman–Crippen MR) is 119 cm³/mol. The topological polar surface area (TPSA) is 34.1 Å². The lowest BCUT2D eigenvalue weighted by atomic mass is 9.54. The number of benzene rings is 3. The lowest BCUT2D eigenvalue weighted by molar-refractivity contribution is 0.0829. The van der Waals surface area contributed by atoms with E-state index in [2.05, 4.69) is 48.5 Å². The van der Waals surface area contributed by atoms with Crippen molar-refractivity contribution in [2.75, 3.05) is 0 Å². The molecule has 3 saturated carbocycles. The molecular weight excluding hydrogens is 416 g/mol. The number of fused-ring (bicyclic) bond motifs is 2. The maximum Gasteiger partial charge on any atom is 0.184 e. The summed E-state index contributed by atoms with van der Waals surface area (Å²) in [6.45, 7) is 1.99. The molecule has 1 heterocycles. The molecule has 0 spiro atoms. The average molecular weight is 438 g/mol. The van der Waals surface area contributed by atoms with E-state index in [1.165, 1.54) is 19.6 Å². The van der Waals surface area contributed by atoms with Crippen molar-refractivity contribution < 1.29 is 8.42 Å². The van der Waals surface area contributed by atoms with E-state index in [0.717, 1.165) is 24.8 Å². The maximum absolute atomic E-state index is 13.4. The summed E-state index contributed by atoms with van der Waals surface area (Å²) in [6, 6.07) is 24.7. The second kappa shape index (κ2) is 5.93. The number of hydrogen-bond acceptors (Lipinski definition) is 3. The highest BCUT2D eigenvalue weighted by atomic mass is 32.2. The SMILES string of the molecule is Cc1ccc(S(=O)(=O)C23CC([S+]4c5ccccc5Sc5ccccc54)(C2)C3)cc1. The summed E-state index contributed by atoms with van der Waals surface area (Å²) in [4.78, 5) is 5.94. The molecule has 0 amide bonds. The van der Waals surface area contributed by atoms with Crippen LogP contribution in [0.5, 0.6) is 0 Å². The molecule has 3 fully saturated rings. The predicted octanol–water partition coefficient (Wildman–Crippen LogP) is 5.64. The van der Waals surface area contributed by atoms with Crippen molar-refractivity contribution in [3.05, 3.63) is 78.4 Å². The normalized spacial score (nSPS) is 27.3. The quantitative estimate of drug-likeness (QED) is 0.497. The van der Waals surface area contributed by atoms with Crippen molar-refractivity contribution in [2.24, 2.45) is 0 Å². The summed E-state index contributed by atoms with van der Waals surface area (Å²) in [5.74, 6) is 0. The Hall–Kier alpha value is -1.69. The van der Waals surface area contributed by atoms with E-state index >= 15 is 0 Å². The summed E-state index contributed by atoms with van der Waals surface area (Å²) < 4.78 is 26.4.